The number of nitrogens with zero attached hydrogens (tertiary/aromatic N) is 2. The summed E-state index contributed by atoms with van der Waals surface area (Å²) in [4.78, 5) is 29.2. The summed E-state index contributed by atoms with van der Waals surface area (Å²) in [5, 5.41) is 12.2. The number of phenolic OH excluding ortho intramolecular Hbond substituents is 1. The molecule has 2 fully saturated rings. The Morgan fingerprint density at radius 1 is 0.968 bits per heavy atom. The van der Waals surface area contributed by atoms with Gasteiger partial charge in [0.25, 0.3) is 0 Å². The van der Waals surface area contributed by atoms with Gasteiger partial charge in [-0.05, 0) is 73.7 Å². The summed E-state index contributed by atoms with van der Waals surface area (Å²) in [6.45, 7) is 3.05. The van der Waals surface area contributed by atoms with Crippen molar-refractivity contribution >= 4 is 17.5 Å². The van der Waals surface area contributed by atoms with Gasteiger partial charge in [-0.15, -0.1) is 0 Å². The predicted molar refractivity (Wildman–Crippen MR) is 116 cm³/mol. The van der Waals surface area contributed by atoms with E-state index in [-0.39, 0.29) is 29.3 Å². The van der Waals surface area contributed by atoms with Crippen molar-refractivity contribution in [3.8, 4) is 5.75 Å². The summed E-state index contributed by atoms with van der Waals surface area (Å²) in [6.07, 6.45) is 2.49. The van der Waals surface area contributed by atoms with Crippen LogP contribution in [-0.4, -0.2) is 59.4 Å². The molecule has 31 heavy (non-hydrogen) atoms. The highest BCUT2D eigenvalue weighted by Crippen LogP contribution is 2.28. The van der Waals surface area contributed by atoms with Crippen molar-refractivity contribution in [1.82, 2.24) is 9.80 Å². The van der Waals surface area contributed by atoms with Crippen LogP contribution in [-0.2, 0) is 9.59 Å². The van der Waals surface area contributed by atoms with E-state index in [0.717, 1.165) is 31.4 Å². The molecule has 2 heterocycles. The van der Waals surface area contributed by atoms with E-state index < -0.39 is 0 Å². The van der Waals surface area contributed by atoms with Crippen LogP contribution in [0.15, 0.2) is 48.5 Å². The van der Waals surface area contributed by atoms with E-state index in [1.165, 1.54) is 24.3 Å². The molecule has 2 saturated heterocycles. The number of hydrogen-bond acceptors (Lipinski definition) is 4. The van der Waals surface area contributed by atoms with E-state index in [2.05, 4.69) is 10.2 Å². The average molecular weight is 426 g/mol. The first kappa shape index (κ1) is 21.3. The number of halogens is 1. The molecule has 2 aromatic carbocycles. The summed E-state index contributed by atoms with van der Waals surface area (Å²) in [7, 11) is 0. The van der Waals surface area contributed by atoms with Crippen LogP contribution in [0.25, 0.3) is 0 Å². The molecule has 2 aromatic rings. The van der Waals surface area contributed by atoms with E-state index in [1.807, 2.05) is 17.0 Å². The minimum Gasteiger partial charge on any atom is -0.508 e. The molecule has 1 atom stereocenters. The van der Waals surface area contributed by atoms with Gasteiger partial charge in [0.2, 0.25) is 11.8 Å². The quantitative estimate of drug-likeness (QED) is 0.722. The SMILES string of the molecule is O=C(Nc1ccc(O)cc1)C1CCN(CC(=O)N2CCC(c3ccc(F)cc3)CC2)C1. The second kappa shape index (κ2) is 9.47. The standard InChI is InChI=1S/C24H28FN3O3/c25-20-3-1-17(2-4-20)18-10-13-28(14-11-18)23(30)16-27-12-9-19(15-27)24(31)26-21-5-7-22(29)8-6-21/h1-8,18-19,29H,9-16H2,(H,26,31). The lowest BCUT2D eigenvalue weighted by atomic mass is 9.89. The topological polar surface area (TPSA) is 72.9 Å². The first-order valence-corrected chi connectivity index (χ1v) is 10.8. The Hall–Kier alpha value is -2.93. The van der Waals surface area contributed by atoms with Gasteiger partial charge in [-0.2, -0.15) is 0 Å². The summed E-state index contributed by atoms with van der Waals surface area (Å²) in [6, 6.07) is 13.1. The Balaban J connectivity index is 1.22. The smallest absolute Gasteiger partial charge is 0.236 e. The lowest BCUT2D eigenvalue weighted by Crippen LogP contribution is -2.43. The molecule has 0 radical (unpaired) electrons. The maximum atomic E-state index is 13.1. The van der Waals surface area contributed by atoms with Crippen molar-refractivity contribution in [2.24, 2.45) is 5.92 Å². The van der Waals surface area contributed by atoms with E-state index in [9.17, 15) is 19.1 Å². The molecule has 4 rings (SSSR count). The van der Waals surface area contributed by atoms with Crippen molar-refractivity contribution in [2.75, 3.05) is 38.0 Å². The second-order valence-corrected chi connectivity index (χ2v) is 8.46. The van der Waals surface area contributed by atoms with Gasteiger partial charge in [0.1, 0.15) is 11.6 Å². The summed E-state index contributed by atoms with van der Waals surface area (Å²) in [5.74, 6) is 0.204. The minimum absolute atomic E-state index is 0.0549. The van der Waals surface area contributed by atoms with Crippen LogP contribution < -0.4 is 5.32 Å². The number of hydrogen-bond donors (Lipinski definition) is 2. The molecule has 2 aliphatic heterocycles. The molecule has 0 aromatic heterocycles. The maximum Gasteiger partial charge on any atom is 0.236 e. The third kappa shape index (κ3) is 5.41. The monoisotopic (exact) mass is 425 g/mol. The number of amides is 2. The van der Waals surface area contributed by atoms with Crippen LogP contribution in [0.1, 0.15) is 30.7 Å². The number of benzene rings is 2. The Kier molecular flexibility index (Phi) is 6.51. The van der Waals surface area contributed by atoms with Crippen molar-refractivity contribution in [2.45, 2.75) is 25.2 Å². The number of likely N-dealkylation sites (tertiary alicyclic amines) is 2. The van der Waals surface area contributed by atoms with Gasteiger partial charge < -0.3 is 15.3 Å². The van der Waals surface area contributed by atoms with Crippen molar-refractivity contribution in [3.05, 3.63) is 59.9 Å². The fraction of sp³-hybridized carbons (Fsp3) is 0.417. The van der Waals surface area contributed by atoms with E-state index >= 15 is 0 Å². The zero-order chi connectivity index (χ0) is 21.8. The van der Waals surface area contributed by atoms with Crippen molar-refractivity contribution in [3.63, 3.8) is 0 Å². The predicted octanol–water partition coefficient (Wildman–Crippen LogP) is 3.20. The normalized spacial score (nSPS) is 20.0. The highest BCUT2D eigenvalue weighted by atomic mass is 19.1. The largest absolute Gasteiger partial charge is 0.508 e. The molecule has 164 valence electrons. The first-order chi connectivity index (χ1) is 15.0. The van der Waals surface area contributed by atoms with Gasteiger partial charge in [0.05, 0.1) is 12.5 Å². The summed E-state index contributed by atoms with van der Waals surface area (Å²) < 4.78 is 13.1. The van der Waals surface area contributed by atoms with Gasteiger partial charge >= 0.3 is 0 Å². The molecule has 1 unspecified atom stereocenters. The summed E-state index contributed by atoms with van der Waals surface area (Å²) in [5.41, 5.74) is 1.79. The number of piperidine rings is 1. The van der Waals surface area contributed by atoms with Gasteiger partial charge in [0.15, 0.2) is 0 Å². The zero-order valence-electron chi connectivity index (χ0n) is 17.5. The van der Waals surface area contributed by atoms with Crippen LogP contribution in [0.5, 0.6) is 5.75 Å². The van der Waals surface area contributed by atoms with Gasteiger partial charge in [-0.25, -0.2) is 4.39 Å². The van der Waals surface area contributed by atoms with Crippen LogP contribution >= 0.6 is 0 Å². The number of carbonyl (C=O) groups is 2. The molecule has 0 bridgehead atoms. The number of phenols is 1. The maximum absolute atomic E-state index is 13.1. The number of anilines is 1. The van der Waals surface area contributed by atoms with Crippen molar-refractivity contribution < 1.29 is 19.1 Å². The number of nitrogens with one attached hydrogen (secondary N) is 1. The molecule has 0 spiro atoms. The van der Waals surface area contributed by atoms with Crippen molar-refractivity contribution in [1.29, 1.82) is 0 Å². The molecule has 7 heteroatoms. The molecular weight excluding hydrogens is 397 g/mol. The first-order valence-electron chi connectivity index (χ1n) is 10.8. The molecule has 0 saturated carbocycles. The molecule has 6 nitrogen and oxygen atoms in total. The Morgan fingerprint density at radius 2 is 1.65 bits per heavy atom. The van der Waals surface area contributed by atoms with E-state index in [1.54, 1.807) is 12.1 Å². The fourth-order valence-corrected chi connectivity index (χ4v) is 4.47. The fourth-order valence-electron chi connectivity index (χ4n) is 4.47. The molecule has 0 aliphatic carbocycles. The Morgan fingerprint density at radius 3 is 2.32 bits per heavy atom. The van der Waals surface area contributed by atoms with E-state index in [4.69, 9.17) is 0 Å². The number of aromatic hydroxyl groups is 1. The Labute approximate surface area is 181 Å². The summed E-state index contributed by atoms with van der Waals surface area (Å²) >= 11 is 0. The lowest BCUT2D eigenvalue weighted by Gasteiger charge is -2.33. The number of rotatable bonds is 5. The van der Waals surface area contributed by atoms with Crippen LogP contribution in [0.4, 0.5) is 10.1 Å². The minimum atomic E-state index is -0.225. The molecular formula is C24H28FN3O3. The highest BCUT2D eigenvalue weighted by molar-refractivity contribution is 5.93. The number of carbonyl (C=O) groups excluding carboxylic acids is 2. The molecule has 2 amide bonds. The molecule has 2 aliphatic rings. The average Bonchev–Trinajstić information content (AvgIpc) is 3.25. The van der Waals surface area contributed by atoms with Crippen LogP contribution in [0.3, 0.4) is 0 Å². The Bertz CT molecular complexity index is 909. The molecule has 2 N–H and O–H groups in total. The third-order valence-electron chi connectivity index (χ3n) is 6.33. The van der Waals surface area contributed by atoms with Gasteiger partial charge in [0, 0.05) is 25.3 Å². The third-order valence-corrected chi connectivity index (χ3v) is 6.33. The van der Waals surface area contributed by atoms with Gasteiger partial charge in [-0.1, -0.05) is 12.1 Å². The highest BCUT2D eigenvalue weighted by Gasteiger charge is 2.31. The van der Waals surface area contributed by atoms with Gasteiger partial charge in [-0.3, -0.25) is 14.5 Å². The lowest BCUT2D eigenvalue weighted by molar-refractivity contribution is -0.133. The second-order valence-electron chi connectivity index (χ2n) is 8.46. The zero-order valence-corrected chi connectivity index (χ0v) is 17.5. The van der Waals surface area contributed by atoms with Crippen LogP contribution in [0, 0.1) is 11.7 Å². The van der Waals surface area contributed by atoms with E-state index in [0.29, 0.717) is 37.8 Å². The van der Waals surface area contributed by atoms with Crippen LogP contribution in [0.2, 0.25) is 0 Å².